The molecule has 1 aromatic carbocycles. The van der Waals surface area contributed by atoms with Crippen molar-refractivity contribution in [1.82, 2.24) is 9.80 Å². The molecule has 1 aliphatic heterocycles. The molecule has 0 bridgehead atoms. The summed E-state index contributed by atoms with van der Waals surface area (Å²) in [6, 6.07) is 5.96. The summed E-state index contributed by atoms with van der Waals surface area (Å²) in [5.41, 5.74) is 2.42. The minimum Gasteiger partial charge on any atom is -0.481 e. The van der Waals surface area contributed by atoms with Crippen LogP contribution in [-0.2, 0) is 4.79 Å². The Labute approximate surface area is 127 Å². The first-order valence-electron chi connectivity index (χ1n) is 7.76. The Morgan fingerprint density at radius 3 is 2.43 bits per heavy atom. The molecule has 4 heteroatoms. The Bertz CT molecular complexity index is 494. The highest BCUT2D eigenvalue weighted by Crippen LogP contribution is 2.18. The quantitative estimate of drug-likeness (QED) is 0.852. The van der Waals surface area contributed by atoms with E-state index >= 15 is 0 Å². The van der Waals surface area contributed by atoms with Crippen LogP contribution in [0.15, 0.2) is 18.2 Å². The second-order valence-electron chi connectivity index (χ2n) is 5.77. The van der Waals surface area contributed by atoms with Crippen molar-refractivity contribution in [2.45, 2.75) is 33.8 Å². The Morgan fingerprint density at radius 1 is 1.19 bits per heavy atom. The average molecular weight is 290 g/mol. The van der Waals surface area contributed by atoms with E-state index in [1.54, 1.807) is 0 Å². The molecule has 1 fully saturated rings. The van der Waals surface area contributed by atoms with Crippen LogP contribution in [0.2, 0.25) is 0 Å². The molecule has 0 N–H and O–H groups in total. The molecule has 21 heavy (non-hydrogen) atoms. The van der Waals surface area contributed by atoms with Gasteiger partial charge in [0.2, 0.25) is 0 Å². The second-order valence-corrected chi connectivity index (χ2v) is 5.77. The largest absolute Gasteiger partial charge is 0.481 e. The van der Waals surface area contributed by atoms with E-state index in [2.05, 4.69) is 25.7 Å². The number of aryl methyl sites for hydroxylation is 2. The lowest BCUT2D eigenvalue weighted by atomic mass is 10.1. The van der Waals surface area contributed by atoms with Crippen LogP contribution in [0.3, 0.4) is 0 Å². The van der Waals surface area contributed by atoms with Crippen LogP contribution in [0, 0.1) is 13.8 Å². The summed E-state index contributed by atoms with van der Waals surface area (Å²) < 4.78 is 5.81. The van der Waals surface area contributed by atoms with Crippen molar-refractivity contribution in [1.29, 1.82) is 0 Å². The van der Waals surface area contributed by atoms with Crippen LogP contribution in [0.5, 0.6) is 5.75 Å². The predicted molar refractivity (Wildman–Crippen MR) is 84.7 cm³/mol. The van der Waals surface area contributed by atoms with Gasteiger partial charge < -0.3 is 14.5 Å². The average Bonchev–Trinajstić information content (AvgIpc) is 2.50. The van der Waals surface area contributed by atoms with Crippen LogP contribution in [-0.4, -0.2) is 54.5 Å². The van der Waals surface area contributed by atoms with Crippen molar-refractivity contribution >= 4 is 5.91 Å². The molecule has 1 aromatic rings. The molecule has 0 aromatic heterocycles. The number of likely N-dealkylation sites (N-methyl/N-ethyl adjacent to an activating group) is 1. The van der Waals surface area contributed by atoms with E-state index in [9.17, 15) is 4.79 Å². The molecule has 0 saturated carbocycles. The summed E-state index contributed by atoms with van der Waals surface area (Å²) in [6.45, 7) is 12.7. The lowest BCUT2D eigenvalue weighted by Gasteiger charge is -2.35. The van der Waals surface area contributed by atoms with Crippen molar-refractivity contribution in [3.05, 3.63) is 29.3 Å². The predicted octanol–water partition coefficient (Wildman–Crippen LogP) is 2.23. The Kier molecular flexibility index (Phi) is 5.23. The number of carbonyl (C=O) groups is 1. The van der Waals surface area contributed by atoms with Crippen molar-refractivity contribution in [2.24, 2.45) is 0 Å². The van der Waals surface area contributed by atoms with Crippen LogP contribution in [0.25, 0.3) is 0 Å². The zero-order chi connectivity index (χ0) is 15.4. The van der Waals surface area contributed by atoms with Crippen LogP contribution in [0.4, 0.5) is 0 Å². The molecular formula is C17H26N2O2. The summed E-state index contributed by atoms with van der Waals surface area (Å²) in [4.78, 5) is 16.7. The van der Waals surface area contributed by atoms with Gasteiger partial charge in [-0.05, 0) is 50.6 Å². The van der Waals surface area contributed by atoms with Gasteiger partial charge in [0, 0.05) is 26.2 Å². The first-order chi connectivity index (χ1) is 10.0. The van der Waals surface area contributed by atoms with Gasteiger partial charge in [-0.1, -0.05) is 13.0 Å². The molecule has 4 nitrogen and oxygen atoms in total. The van der Waals surface area contributed by atoms with Crippen molar-refractivity contribution < 1.29 is 9.53 Å². The third-order valence-electron chi connectivity index (χ3n) is 4.27. The van der Waals surface area contributed by atoms with Gasteiger partial charge >= 0.3 is 0 Å². The number of nitrogens with zero attached hydrogens (tertiary/aromatic N) is 2. The summed E-state index contributed by atoms with van der Waals surface area (Å²) in [7, 11) is 0. The molecule has 1 saturated heterocycles. The first-order valence-corrected chi connectivity index (χ1v) is 7.76. The molecule has 1 aliphatic rings. The lowest BCUT2D eigenvalue weighted by molar-refractivity contribution is -0.139. The SMILES string of the molecule is CCN1CCN(C(=O)C(C)Oc2ccc(C)c(C)c2)CC1. The second kappa shape index (κ2) is 6.94. The van der Waals surface area contributed by atoms with E-state index in [4.69, 9.17) is 4.74 Å². The van der Waals surface area contributed by atoms with Gasteiger partial charge in [0.05, 0.1) is 0 Å². The number of hydrogen-bond acceptors (Lipinski definition) is 3. The van der Waals surface area contributed by atoms with Gasteiger partial charge in [0.15, 0.2) is 6.10 Å². The molecule has 0 radical (unpaired) electrons. The van der Waals surface area contributed by atoms with Crippen molar-refractivity contribution in [3.63, 3.8) is 0 Å². The molecule has 1 unspecified atom stereocenters. The third kappa shape index (κ3) is 3.97. The van der Waals surface area contributed by atoms with Gasteiger partial charge in [-0.2, -0.15) is 0 Å². The van der Waals surface area contributed by atoms with Crippen LogP contribution < -0.4 is 4.74 Å². The maximum atomic E-state index is 12.4. The van der Waals surface area contributed by atoms with E-state index in [0.717, 1.165) is 38.5 Å². The number of rotatable bonds is 4. The third-order valence-corrected chi connectivity index (χ3v) is 4.27. The van der Waals surface area contributed by atoms with Gasteiger partial charge in [0.25, 0.3) is 5.91 Å². The highest BCUT2D eigenvalue weighted by Gasteiger charge is 2.25. The monoisotopic (exact) mass is 290 g/mol. The summed E-state index contributed by atoms with van der Waals surface area (Å²) in [5.74, 6) is 0.857. The molecule has 1 atom stereocenters. The number of benzene rings is 1. The normalized spacial score (nSPS) is 17.6. The zero-order valence-corrected chi connectivity index (χ0v) is 13.6. The van der Waals surface area contributed by atoms with Crippen LogP contribution >= 0.6 is 0 Å². The molecule has 116 valence electrons. The summed E-state index contributed by atoms with van der Waals surface area (Å²) >= 11 is 0. The molecular weight excluding hydrogens is 264 g/mol. The minimum atomic E-state index is -0.430. The summed E-state index contributed by atoms with van der Waals surface area (Å²) in [5, 5.41) is 0. The number of carbonyl (C=O) groups excluding carboxylic acids is 1. The maximum Gasteiger partial charge on any atom is 0.263 e. The summed E-state index contributed by atoms with van der Waals surface area (Å²) in [6.07, 6.45) is -0.430. The van der Waals surface area contributed by atoms with Gasteiger partial charge in [-0.3, -0.25) is 4.79 Å². The fourth-order valence-corrected chi connectivity index (χ4v) is 2.58. The highest BCUT2D eigenvalue weighted by molar-refractivity contribution is 5.81. The fourth-order valence-electron chi connectivity index (χ4n) is 2.58. The Balaban J connectivity index is 1.92. The van der Waals surface area contributed by atoms with Gasteiger partial charge in [-0.15, -0.1) is 0 Å². The van der Waals surface area contributed by atoms with Gasteiger partial charge in [-0.25, -0.2) is 0 Å². The smallest absolute Gasteiger partial charge is 0.263 e. The first kappa shape index (κ1) is 15.8. The molecule has 1 amide bonds. The number of amides is 1. The maximum absolute atomic E-state index is 12.4. The van der Waals surface area contributed by atoms with E-state index < -0.39 is 6.10 Å². The number of piperazine rings is 1. The van der Waals surface area contributed by atoms with Gasteiger partial charge in [0.1, 0.15) is 5.75 Å². The van der Waals surface area contributed by atoms with Crippen molar-refractivity contribution in [3.8, 4) is 5.75 Å². The number of ether oxygens (including phenoxy) is 1. The number of hydrogen-bond donors (Lipinski definition) is 0. The Hall–Kier alpha value is -1.55. The van der Waals surface area contributed by atoms with Crippen LogP contribution in [0.1, 0.15) is 25.0 Å². The Morgan fingerprint density at radius 2 is 1.86 bits per heavy atom. The highest BCUT2D eigenvalue weighted by atomic mass is 16.5. The van der Waals surface area contributed by atoms with E-state index in [0.29, 0.717) is 0 Å². The topological polar surface area (TPSA) is 32.8 Å². The molecule has 0 spiro atoms. The van der Waals surface area contributed by atoms with E-state index in [-0.39, 0.29) is 5.91 Å². The molecule has 1 heterocycles. The minimum absolute atomic E-state index is 0.0870. The molecule has 0 aliphatic carbocycles. The molecule has 2 rings (SSSR count). The van der Waals surface area contributed by atoms with Crippen molar-refractivity contribution in [2.75, 3.05) is 32.7 Å². The van der Waals surface area contributed by atoms with E-state index in [1.165, 1.54) is 11.1 Å². The zero-order valence-electron chi connectivity index (χ0n) is 13.6. The standard InChI is InChI=1S/C17H26N2O2/c1-5-18-8-10-19(11-9-18)17(20)15(4)21-16-7-6-13(2)14(3)12-16/h6-7,12,15H,5,8-11H2,1-4H3. The van der Waals surface area contributed by atoms with E-state index in [1.807, 2.05) is 30.0 Å². The lowest BCUT2D eigenvalue weighted by Crippen LogP contribution is -2.51. The fraction of sp³-hybridized carbons (Fsp3) is 0.588.